The first-order chi connectivity index (χ1) is 6.52. The molecule has 4 fully saturated rings. The highest BCUT2D eigenvalue weighted by Gasteiger charge is 2.79. The van der Waals surface area contributed by atoms with Gasteiger partial charge in [0.05, 0.1) is 13.0 Å². The van der Waals surface area contributed by atoms with Crippen LogP contribution in [-0.2, 0) is 9.53 Å². The number of halogens is 2. The number of methoxy groups -OCH3 is 1. The van der Waals surface area contributed by atoms with Crippen LogP contribution in [0.4, 0.5) is 0 Å². The van der Waals surface area contributed by atoms with Gasteiger partial charge in [0.2, 0.25) is 0 Å². The first kappa shape index (κ1) is 9.29. The van der Waals surface area contributed by atoms with E-state index in [2.05, 4.69) is 0 Å². The monoisotopic (exact) mass is 234 g/mol. The van der Waals surface area contributed by atoms with Gasteiger partial charge in [0.15, 0.2) is 0 Å². The van der Waals surface area contributed by atoms with Gasteiger partial charge >= 0.3 is 5.97 Å². The van der Waals surface area contributed by atoms with Crippen LogP contribution in [0.25, 0.3) is 0 Å². The van der Waals surface area contributed by atoms with E-state index in [0.29, 0.717) is 11.8 Å². The predicted octanol–water partition coefficient (Wildman–Crippen LogP) is 2.38. The Morgan fingerprint density at radius 1 is 1.50 bits per heavy atom. The Balaban J connectivity index is 1.83. The Hall–Kier alpha value is 0.0500. The van der Waals surface area contributed by atoms with E-state index in [-0.39, 0.29) is 17.3 Å². The molecule has 14 heavy (non-hydrogen) atoms. The number of carbonyl (C=O) groups is 1. The van der Waals surface area contributed by atoms with Crippen molar-refractivity contribution in [3.8, 4) is 0 Å². The molecule has 0 aromatic heterocycles. The average Bonchev–Trinajstić information content (AvgIpc) is 2.50. The lowest BCUT2D eigenvalue weighted by molar-refractivity contribution is -0.153. The van der Waals surface area contributed by atoms with E-state index in [1.807, 2.05) is 0 Å². The largest absolute Gasteiger partial charge is 0.469 e. The topological polar surface area (TPSA) is 26.3 Å². The number of carbonyl (C=O) groups excluding carboxylic acids is 1. The Morgan fingerprint density at radius 2 is 2.14 bits per heavy atom. The minimum Gasteiger partial charge on any atom is -0.469 e. The fraction of sp³-hybridized carbons (Fsp3) is 0.900. The molecule has 0 aliphatic heterocycles. The SMILES string of the molecule is COC(=O)[C@@H]1[C@@H]2C[C@H]1[C@]1(C2)CC1(Cl)Cl. The lowest BCUT2D eigenvalue weighted by Gasteiger charge is -2.34. The molecule has 0 heterocycles. The summed E-state index contributed by atoms with van der Waals surface area (Å²) in [7, 11) is 1.45. The molecule has 0 amide bonds. The molecule has 2 bridgehead atoms. The third-order valence-electron chi connectivity index (χ3n) is 4.45. The maximum atomic E-state index is 11.5. The third-order valence-corrected chi connectivity index (χ3v) is 5.47. The van der Waals surface area contributed by atoms with Crippen LogP contribution in [0.15, 0.2) is 0 Å². The molecular formula is C10H12Cl2O2. The number of hydrogen-bond donors (Lipinski definition) is 0. The first-order valence-corrected chi connectivity index (χ1v) is 5.73. The number of ether oxygens (including phenoxy) is 1. The molecule has 2 nitrogen and oxygen atoms in total. The van der Waals surface area contributed by atoms with Gasteiger partial charge in [-0.25, -0.2) is 0 Å². The summed E-state index contributed by atoms with van der Waals surface area (Å²) in [4.78, 5) is 11.5. The Morgan fingerprint density at radius 3 is 2.57 bits per heavy atom. The second kappa shape index (κ2) is 2.41. The van der Waals surface area contributed by atoms with E-state index in [1.165, 1.54) is 7.11 Å². The van der Waals surface area contributed by atoms with Gasteiger partial charge in [0.1, 0.15) is 4.33 Å². The normalized spacial score (nSPS) is 51.5. The molecule has 0 aromatic carbocycles. The molecule has 4 aliphatic carbocycles. The lowest BCUT2D eigenvalue weighted by atomic mass is 9.70. The summed E-state index contributed by atoms with van der Waals surface area (Å²) in [5.41, 5.74) is 0.0552. The Kier molecular flexibility index (Phi) is 1.60. The predicted molar refractivity (Wildman–Crippen MR) is 53.2 cm³/mol. The molecule has 0 radical (unpaired) electrons. The van der Waals surface area contributed by atoms with Crippen LogP contribution in [0.1, 0.15) is 19.3 Å². The highest BCUT2D eigenvalue weighted by Crippen LogP contribution is 2.81. The molecule has 4 rings (SSSR count). The van der Waals surface area contributed by atoms with Gasteiger partial charge in [-0.1, -0.05) is 0 Å². The standard InChI is InChI=1S/C10H12Cl2O2/c1-14-8(13)7-5-2-6(7)9(3-5)4-10(9,11)12/h5-7H,2-4H2,1H3/t5-,6-,7-,9+/m1/s1. The van der Waals surface area contributed by atoms with Crippen molar-refractivity contribution in [2.75, 3.05) is 7.11 Å². The van der Waals surface area contributed by atoms with Crippen LogP contribution < -0.4 is 0 Å². The zero-order valence-corrected chi connectivity index (χ0v) is 9.44. The van der Waals surface area contributed by atoms with Crippen molar-refractivity contribution >= 4 is 29.2 Å². The number of hydrogen-bond acceptors (Lipinski definition) is 2. The van der Waals surface area contributed by atoms with Gasteiger partial charge in [-0.3, -0.25) is 4.79 Å². The fourth-order valence-electron chi connectivity index (χ4n) is 3.62. The summed E-state index contributed by atoms with van der Waals surface area (Å²) < 4.78 is 4.24. The van der Waals surface area contributed by atoms with Gasteiger partial charge in [-0.2, -0.15) is 0 Å². The minimum absolute atomic E-state index is 0.0552. The van der Waals surface area contributed by atoms with E-state index in [1.54, 1.807) is 0 Å². The number of esters is 1. The smallest absolute Gasteiger partial charge is 0.309 e. The summed E-state index contributed by atoms with van der Waals surface area (Å²) >= 11 is 12.3. The molecule has 0 saturated heterocycles. The van der Waals surface area contributed by atoms with Crippen LogP contribution in [0, 0.1) is 23.2 Å². The van der Waals surface area contributed by atoms with Gasteiger partial charge in [0.25, 0.3) is 0 Å². The van der Waals surface area contributed by atoms with Crippen molar-refractivity contribution in [2.24, 2.45) is 23.2 Å². The van der Waals surface area contributed by atoms with Crippen molar-refractivity contribution in [1.29, 1.82) is 0 Å². The van der Waals surface area contributed by atoms with Crippen LogP contribution in [0.2, 0.25) is 0 Å². The molecule has 78 valence electrons. The number of alkyl halides is 2. The van der Waals surface area contributed by atoms with Crippen LogP contribution in [-0.4, -0.2) is 17.4 Å². The Labute approximate surface area is 92.9 Å². The summed E-state index contributed by atoms with van der Waals surface area (Å²) in [5.74, 6) is 0.875. The summed E-state index contributed by atoms with van der Waals surface area (Å²) in [5, 5.41) is 0. The number of rotatable bonds is 1. The summed E-state index contributed by atoms with van der Waals surface area (Å²) in [6, 6.07) is 0. The quantitative estimate of drug-likeness (QED) is 0.515. The van der Waals surface area contributed by atoms with Crippen molar-refractivity contribution in [3.63, 3.8) is 0 Å². The first-order valence-electron chi connectivity index (χ1n) is 4.97. The zero-order chi connectivity index (χ0) is 10.1. The van der Waals surface area contributed by atoms with E-state index in [4.69, 9.17) is 27.9 Å². The van der Waals surface area contributed by atoms with E-state index in [9.17, 15) is 4.79 Å². The van der Waals surface area contributed by atoms with E-state index in [0.717, 1.165) is 19.3 Å². The van der Waals surface area contributed by atoms with Crippen molar-refractivity contribution in [1.82, 2.24) is 0 Å². The highest BCUT2D eigenvalue weighted by atomic mass is 35.5. The molecular weight excluding hydrogens is 223 g/mol. The molecule has 0 N–H and O–H groups in total. The van der Waals surface area contributed by atoms with E-state index < -0.39 is 4.33 Å². The zero-order valence-electron chi connectivity index (χ0n) is 7.93. The minimum atomic E-state index is -0.560. The lowest BCUT2D eigenvalue weighted by Crippen LogP contribution is -2.38. The maximum Gasteiger partial charge on any atom is 0.309 e. The molecule has 4 atom stereocenters. The molecule has 0 aromatic rings. The van der Waals surface area contributed by atoms with Crippen LogP contribution >= 0.6 is 23.2 Å². The van der Waals surface area contributed by atoms with E-state index >= 15 is 0 Å². The van der Waals surface area contributed by atoms with Gasteiger partial charge in [-0.15, -0.1) is 23.2 Å². The fourth-order valence-corrected chi connectivity index (χ4v) is 4.53. The van der Waals surface area contributed by atoms with Crippen molar-refractivity contribution < 1.29 is 9.53 Å². The molecule has 0 unspecified atom stereocenters. The molecule has 4 saturated carbocycles. The third kappa shape index (κ3) is 0.832. The average molecular weight is 235 g/mol. The van der Waals surface area contributed by atoms with Gasteiger partial charge in [-0.05, 0) is 31.1 Å². The van der Waals surface area contributed by atoms with Crippen molar-refractivity contribution in [3.05, 3.63) is 0 Å². The second-order valence-corrected chi connectivity index (χ2v) is 6.38. The Bertz CT molecular complexity index is 315. The van der Waals surface area contributed by atoms with Gasteiger partial charge in [0, 0.05) is 5.41 Å². The molecule has 4 heteroatoms. The molecule has 4 aliphatic rings. The second-order valence-electron chi connectivity index (χ2n) is 4.89. The highest BCUT2D eigenvalue weighted by molar-refractivity contribution is 6.51. The van der Waals surface area contributed by atoms with Gasteiger partial charge < -0.3 is 4.74 Å². The van der Waals surface area contributed by atoms with Crippen molar-refractivity contribution in [2.45, 2.75) is 23.6 Å². The van der Waals surface area contributed by atoms with Crippen LogP contribution in [0.5, 0.6) is 0 Å². The van der Waals surface area contributed by atoms with Crippen LogP contribution in [0.3, 0.4) is 0 Å². The summed E-state index contributed by atoms with van der Waals surface area (Å²) in [6.45, 7) is 0. The molecule has 1 spiro atoms. The summed E-state index contributed by atoms with van der Waals surface area (Å²) in [6.07, 6.45) is 2.99. The maximum absolute atomic E-state index is 11.5.